The molecule has 0 atom stereocenters. The van der Waals surface area contributed by atoms with Gasteiger partial charge in [-0.1, -0.05) is 42.0 Å². The Labute approximate surface area is 193 Å². The van der Waals surface area contributed by atoms with Crippen LogP contribution in [0.1, 0.15) is 16.7 Å². The van der Waals surface area contributed by atoms with Crippen LogP contribution in [-0.2, 0) is 26.5 Å². The zero-order chi connectivity index (χ0) is 23.6. The number of benzene rings is 3. The Kier molecular flexibility index (Phi) is 6.15. The molecule has 0 bridgehead atoms. The molecule has 4 rings (SSSR count). The first-order chi connectivity index (χ1) is 15.6. The van der Waals surface area contributed by atoms with Crippen LogP contribution in [0.5, 0.6) is 11.5 Å². The van der Waals surface area contributed by atoms with E-state index in [9.17, 15) is 16.8 Å². The molecular formula is C23H23N3O5S2. The Morgan fingerprint density at radius 2 is 1.61 bits per heavy atom. The van der Waals surface area contributed by atoms with Gasteiger partial charge in [0.2, 0.25) is 10.0 Å². The maximum Gasteiger partial charge on any atom is 0.257 e. The highest BCUT2D eigenvalue weighted by atomic mass is 32.2. The van der Waals surface area contributed by atoms with Gasteiger partial charge in [0.05, 0.1) is 22.5 Å². The fourth-order valence-electron chi connectivity index (χ4n) is 3.36. The number of nitrogens with one attached hydrogen (secondary N) is 3. The summed E-state index contributed by atoms with van der Waals surface area (Å²) in [5, 5.41) is 0. The second-order valence-electron chi connectivity index (χ2n) is 7.66. The van der Waals surface area contributed by atoms with Crippen LogP contribution in [0.4, 0.5) is 5.69 Å². The number of hydrogen-bond donors (Lipinski definition) is 3. The van der Waals surface area contributed by atoms with Crippen LogP contribution in [0.15, 0.2) is 77.7 Å². The standard InChI is InChI=1S/C23H23N3O5S2/c1-16-8-11-19(12-9-16)33(29,30)26-24-21-13-10-17-14-22(25-32(2,27)28)23(15-20(17)21)31-18-6-4-3-5-7-18/h3-9,11-15,24-26H,10H2,1-2H3. The van der Waals surface area contributed by atoms with E-state index >= 15 is 0 Å². The number of rotatable bonds is 8. The average Bonchev–Trinajstić information content (AvgIpc) is 3.14. The fraction of sp³-hybridized carbons (Fsp3) is 0.130. The van der Waals surface area contributed by atoms with Crippen molar-refractivity contribution in [2.45, 2.75) is 18.2 Å². The smallest absolute Gasteiger partial charge is 0.257 e. The van der Waals surface area contributed by atoms with Gasteiger partial charge >= 0.3 is 0 Å². The maximum atomic E-state index is 12.6. The van der Waals surface area contributed by atoms with Crippen molar-refractivity contribution in [1.82, 2.24) is 10.3 Å². The number of hydrazine groups is 1. The number of hydrogen-bond acceptors (Lipinski definition) is 6. The Balaban J connectivity index is 1.61. The van der Waals surface area contributed by atoms with Gasteiger partial charge < -0.3 is 10.2 Å². The summed E-state index contributed by atoms with van der Waals surface area (Å²) in [7, 11) is -7.32. The number of allylic oxidation sites excluding steroid dienone is 1. The predicted octanol–water partition coefficient (Wildman–Crippen LogP) is 3.54. The van der Waals surface area contributed by atoms with Gasteiger partial charge in [-0.05, 0) is 55.3 Å². The summed E-state index contributed by atoms with van der Waals surface area (Å²) in [6.07, 6.45) is 3.38. The third-order valence-electron chi connectivity index (χ3n) is 4.94. The zero-order valence-corrected chi connectivity index (χ0v) is 19.6. The molecule has 172 valence electrons. The van der Waals surface area contributed by atoms with Gasteiger partial charge in [0.1, 0.15) is 5.75 Å². The van der Waals surface area contributed by atoms with Gasteiger partial charge in [0, 0.05) is 5.56 Å². The number of anilines is 1. The molecular weight excluding hydrogens is 462 g/mol. The Morgan fingerprint density at radius 1 is 0.909 bits per heavy atom. The molecule has 1 aliphatic carbocycles. The molecule has 0 radical (unpaired) electrons. The fourth-order valence-corrected chi connectivity index (χ4v) is 4.78. The van der Waals surface area contributed by atoms with Crippen LogP contribution in [0.2, 0.25) is 0 Å². The highest BCUT2D eigenvalue weighted by Crippen LogP contribution is 2.38. The molecule has 0 saturated carbocycles. The van der Waals surface area contributed by atoms with Gasteiger partial charge in [-0.25, -0.2) is 16.8 Å². The normalized spacial score (nSPS) is 13.2. The monoisotopic (exact) mass is 485 g/mol. The van der Waals surface area contributed by atoms with Crippen LogP contribution in [-0.4, -0.2) is 23.1 Å². The molecule has 0 saturated heterocycles. The molecule has 0 spiro atoms. The molecule has 0 fully saturated rings. The molecule has 3 aromatic carbocycles. The van der Waals surface area contributed by atoms with Crippen LogP contribution in [0.25, 0.3) is 5.70 Å². The van der Waals surface area contributed by atoms with Gasteiger partial charge in [-0.3, -0.25) is 4.72 Å². The number of aryl methyl sites for hydroxylation is 1. The van der Waals surface area contributed by atoms with Crippen molar-refractivity contribution in [3.63, 3.8) is 0 Å². The molecule has 0 unspecified atom stereocenters. The van der Waals surface area contributed by atoms with Crippen molar-refractivity contribution < 1.29 is 21.6 Å². The van der Waals surface area contributed by atoms with Crippen molar-refractivity contribution in [2.24, 2.45) is 0 Å². The molecule has 10 heteroatoms. The Hall–Kier alpha value is -3.34. The number of sulfonamides is 2. The molecule has 0 heterocycles. The second-order valence-corrected chi connectivity index (χ2v) is 11.1. The lowest BCUT2D eigenvalue weighted by Gasteiger charge is -2.16. The predicted molar refractivity (Wildman–Crippen MR) is 128 cm³/mol. The minimum absolute atomic E-state index is 0.139. The topological polar surface area (TPSA) is 114 Å². The molecule has 0 aliphatic heterocycles. The van der Waals surface area contributed by atoms with Gasteiger partial charge in [0.25, 0.3) is 10.0 Å². The third kappa shape index (κ3) is 5.54. The van der Waals surface area contributed by atoms with Crippen molar-refractivity contribution in [1.29, 1.82) is 0 Å². The summed E-state index contributed by atoms with van der Waals surface area (Å²) >= 11 is 0. The molecule has 3 N–H and O–H groups in total. The van der Waals surface area contributed by atoms with E-state index in [1.54, 1.807) is 48.5 Å². The van der Waals surface area contributed by atoms with E-state index < -0.39 is 20.0 Å². The second kappa shape index (κ2) is 8.89. The zero-order valence-electron chi connectivity index (χ0n) is 18.0. The Bertz CT molecular complexity index is 1420. The van der Waals surface area contributed by atoms with Crippen LogP contribution in [0, 0.1) is 6.92 Å². The van der Waals surface area contributed by atoms with E-state index in [1.165, 1.54) is 12.1 Å². The molecule has 8 nitrogen and oxygen atoms in total. The van der Waals surface area contributed by atoms with E-state index in [0.717, 1.165) is 17.4 Å². The minimum Gasteiger partial charge on any atom is -0.455 e. The third-order valence-corrected chi connectivity index (χ3v) is 6.79. The quantitative estimate of drug-likeness (QED) is 0.421. The summed E-state index contributed by atoms with van der Waals surface area (Å²) < 4.78 is 57.4. The van der Waals surface area contributed by atoms with Gasteiger partial charge in [-0.2, -0.15) is 0 Å². The number of fused-ring (bicyclic) bond motifs is 1. The largest absolute Gasteiger partial charge is 0.455 e. The lowest BCUT2D eigenvalue weighted by molar-refractivity contribution is 0.484. The van der Waals surface area contributed by atoms with E-state index in [4.69, 9.17) is 4.74 Å². The molecule has 0 aromatic heterocycles. The van der Waals surface area contributed by atoms with Crippen LogP contribution < -0.4 is 19.7 Å². The first kappa shape index (κ1) is 22.8. The maximum absolute atomic E-state index is 12.6. The van der Waals surface area contributed by atoms with Gasteiger partial charge in [-0.15, -0.1) is 4.83 Å². The average molecular weight is 486 g/mol. The van der Waals surface area contributed by atoms with Crippen LogP contribution >= 0.6 is 0 Å². The van der Waals surface area contributed by atoms with Crippen molar-refractivity contribution in [3.8, 4) is 11.5 Å². The Morgan fingerprint density at radius 3 is 2.27 bits per heavy atom. The van der Waals surface area contributed by atoms with E-state index in [0.29, 0.717) is 34.9 Å². The SMILES string of the molecule is Cc1ccc(S(=O)(=O)NNC2=CCc3cc(NS(C)(=O)=O)c(Oc4ccccc4)cc32)cc1. The number of para-hydroxylation sites is 1. The summed E-state index contributed by atoms with van der Waals surface area (Å²) in [5.74, 6) is 0.826. The summed E-state index contributed by atoms with van der Waals surface area (Å²) in [6.45, 7) is 1.88. The van der Waals surface area contributed by atoms with Crippen molar-refractivity contribution >= 4 is 31.4 Å². The van der Waals surface area contributed by atoms with Crippen LogP contribution in [0.3, 0.4) is 0 Å². The van der Waals surface area contributed by atoms with E-state index in [2.05, 4.69) is 15.0 Å². The van der Waals surface area contributed by atoms with E-state index in [1.807, 2.05) is 19.1 Å². The highest BCUT2D eigenvalue weighted by molar-refractivity contribution is 7.92. The molecule has 3 aromatic rings. The summed E-state index contributed by atoms with van der Waals surface area (Å²) in [4.78, 5) is 2.54. The highest BCUT2D eigenvalue weighted by Gasteiger charge is 2.22. The van der Waals surface area contributed by atoms with E-state index in [-0.39, 0.29) is 4.90 Å². The molecule has 0 amide bonds. The minimum atomic E-state index is -3.78. The molecule has 33 heavy (non-hydrogen) atoms. The number of ether oxygens (including phenoxy) is 1. The van der Waals surface area contributed by atoms with Crippen molar-refractivity contribution in [3.05, 3.63) is 89.5 Å². The first-order valence-electron chi connectivity index (χ1n) is 10.0. The lowest BCUT2D eigenvalue weighted by atomic mass is 10.1. The summed E-state index contributed by atoms with van der Waals surface area (Å²) in [6, 6.07) is 18.8. The van der Waals surface area contributed by atoms with Crippen molar-refractivity contribution in [2.75, 3.05) is 11.0 Å². The summed E-state index contributed by atoms with van der Waals surface area (Å²) in [5.41, 5.74) is 6.10. The molecule has 1 aliphatic rings. The van der Waals surface area contributed by atoms with Gasteiger partial charge in [0.15, 0.2) is 5.75 Å². The first-order valence-corrected chi connectivity index (χ1v) is 13.4. The lowest BCUT2D eigenvalue weighted by Crippen LogP contribution is -2.35.